The first-order valence-electron chi connectivity index (χ1n) is 11.4. The number of para-hydroxylation sites is 2. The second-order valence-electron chi connectivity index (χ2n) is 8.38. The molecule has 8 nitrogen and oxygen atoms in total. The number of carbonyl (C=O) groups is 3. The van der Waals surface area contributed by atoms with Gasteiger partial charge in [0.25, 0.3) is 5.91 Å². The quantitative estimate of drug-likeness (QED) is 0.0942. The largest absolute Gasteiger partial charge is 0.484 e. The van der Waals surface area contributed by atoms with Gasteiger partial charge in [0.1, 0.15) is 23.8 Å². The molecule has 39 heavy (non-hydrogen) atoms. The summed E-state index contributed by atoms with van der Waals surface area (Å²) in [4.78, 5) is 44.8. The Morgan fingerprint density at radius 3 is 2.54 bits per heavy atom. The van der Waals surface area contributed by atoms with Gasteiger partial charge in [0.05, 0.1) is 10.2 Å². The van der Waals surface area contributed by atoms with E-state index in [-0.39, 0.29) is 6.61 Å². The van der Waals surface area contributed by atoms with Gasteiger partial charge >= 0.3 is 5.97 Å². The SMILES string of the molecule is C=C(C)C(C(=O)OCC(Cl)(Cl)Cl)N1C(=O)C(NC(=O)COc2ccccc2)C1SSc1nc2ccccc2s1. The molecule has 3 aromatic rings. The van der Waals surface area contributed by atoms with Crippen LogP contribution >= 0.6 is 67.7 Å². The summed E-state index contributed by atoms with van der Waals surface area (Å²) in [6, 6.07) is 14.5. The van der Waals surface area contributed by atoms with E-state index in [1.54, 1.807) is 31.2 Å². The lowest BCUT2D eigenvalue weighted by Gasteiger charge is -2.49. The van der Waals surface area contributed by atoms with E-state index in [1.165, 1.54) is 37.8 Å². The van der Waals surface area contributed by atoms with Crippen LogP contribution in [0.3, 0.4) is 0 Å². The number of aromatic nitrogens is 1. The predicted molar refractivity (Wildman–Crippen MR) is 157 cm³/mol. The van der Waals surface area contributed by atoms with Gasteiger partial charge in [-0.1, -0.05) is 82.5 Å². The molecule has 0 saturated carbocycles. The zero-order valence-electron chi connectivity index (χ0n) is 20.3. The minimum Gasteiger partial charge on any atom is -0.484 e. The van der Waals surface area contributed by atoms with Crippen molar-refractivity contribution in [2.24, 2.45) is 0 Å². The van der Waals surface area contributed by atoms with Gasteiger partial charge in [0.15, 0.2) is 17.0 Å². The molecule has 1 aliphatic heterocycles. The number of halogens is 3. The van der Waals surface area contributed by atoms with Crippen LogP contribution < -0.4 is 10.1 Å². The highest BCUT2D eigenvalue weighted by atomic mass is 35.6. The van der Waals surface area contributed by atoms with E-state index in [0.717, 1.165) is 14.6 Å². The Labute approximate surface area is 251 Å². The van der Waals surface area contributed by atoms with Crippen molar-refractivity contribution in [1.29, 1.82) is 0 Å². The first-order chi connectivity index (χ1) is 18.5. The molecule has 2 aromatic carbocycles. The first-order valence-corrected chi connectivity index (χ1v) is 15.6. The Hall–Kier alpha value is -2.15. The summed E-state index contributed by atoms with van der Waals surface area (Å²) >= 11 is 18.7. The molecule has 1 saturated heterocycles. The van der Waals surface area contributed by atoms with Crippen molar-refractivity contribution in [3.63, 3.8) is 0 Å². The van der Waals surface area contributed by atoms with E-state index in [9.17, 15) is 14.4 Å². The van der Waals surface area contributed by atoms with Crippen molar-refractivity contribution in [1.82, 2.24) is 15.2 Å². The van der Waals surface area contributed by atoms with Crippen LogP contribution in [0.5, 0.6) is 5.75 Å². The standard InChI is InChI=1S/C25H22Cl3N3O5S3/c1-14(2)20(23(34)36-13-25(26,27)28)31-21(33)19(30-18(32)12-35-15-8-4-3-5-9-15)22(31)38-39-24-29-16-10-6-7-11-17(16)37-24/h3-11,19-20,22H,1,12-13H2,2H3,(H,30,32). The number of ether oxygens (including phenoxy) is 2. The molecule has 3 unspecified atom stereocenters. The average Bonchev–Trinajstić information content (AvgIpc) is 3.32. The molecule has 1 fully saturated rings. The average molecular weight is 647 g/mol. The predicted octanol–water partition coefficient (Wildman–Crippen LogP) is 5.63. The summed E-state index contributed by atoms with van der Waals surface area (Å²) < 4.78 is 10.6. The summed E-state index contributed by atoms with van der Waals surface area (Å²) in [7, 11) is 2.62. The minimum absolute atomic E-state index is 0.286. The molecular weight excluding hydrogens is 625 g/mol. The molecule has 0 aliphatic carbocycles. The van der Waals surface area contributed by atoms with Gasteiger partial charge < -0.3 is 19.7 Å². The topological polar surface area (TPSA) is 97.8 Å². The molecule has 2 heterocycles. The third-order valence-electron chi connectivity index (χ3n) is 5.35. The molecule has 1 aromatic heterocycles. The molecular formula is C25H22Cl3N3O5S3. The fraction of sp³-hybridized carbons (Fsp3) is 0.280. The maximum atomic E-state index is 13.3. The van der Waals surface area contributed by atoms with Crippen LogP contribution in [0, 0.1) is 0 Å². The highest BCUT2D eigenvalue weighted by Gasteiger charge is 2.54. The molecule has 206 valence electrons. The normalized spacial score (nSPS) is 17.8. The van der Waals surface area contributed by atoms with Crippen molar-refractivity contribution < 1.29 is 23.9 Å². The van der Waals surface area contributed by atoms with Gasteiger partial charge in [0.2, 0.25) is 9.70 Å². The van der Waals surface area contributed by atoms with Crippen molar-refractivity contribution in [3.05, 3.63) is 66.7 Å². The Morgan fingerprint density at radius 2 is 1.87 bits per heavy atom. The molecule has 0 spiro atoms. The number of amides is 2. The van der Waals surface area contributed by atoms with Gasteiger partial charge in [-0.05, 0) is 47.6 Å². The Bertz CT molecular complexity index is 1340. The molecule has 0 radical (unpaired) electrons. The Kier molecular flexibility index (Phi) is 9.95. The number of thiazole rings is 1. The summed E-state index contributed by atoms with van der Waals surface area (Å²) in [5, 5.41) is 2.06. The second kappa shape index (κ2) is 13.0. The van der Waals surface area contributed by atoms with Crippen LogP contribution in [0.4, 0.5) is 0 Å². The van der Waals surface area contributed by atoms with Crippen molar-refractivity contribution in [3.8, 4) is 5.75 Å². The van der Waals surface area contributed by atoms with Gasteiger partial charge in [-0.25, -0.2) is 9.78 Å². The van der Waals surface area contributed by atoms with E-state index in [0.29, 0.717) is 11.3 Å². The number of alkyl halides is 3. The lowest BCUT2D eigenvalue weighted by atomic mass is 9.99. The number of β-lactam (4-membered cyclic amide) rings is 1. The van der Waals surface area contributed by atoms with E-state index >= 15 is 0 Å². The number of hydrogen-bond acceptors (Lipinski definition) is 9. The van der Waals surface area contributed by atoms with Crippen molar-refractivity contribution in [2.75, 3.05) is 13.2 Å². The first kappa shape index (κ1) is 29.8. The highest BCUT2D eigenvalue weighted by molar-refractivity contribution is 8.77. The number of benzene rings is 2. The summed E-state index contributed by atoms with van der Waals surface area (Å²) in [5.74, 6) is -1.25. The number of nitrogens with zero attached hydrogens (tertiary/aromatic N) is 2. The van der Waals surface area contributed by atoms with Gasteiger partial charge in [-0.2, -0.15) is 0 Å². The van der Waals surface area contributed by atoms with Crippen molar-refractivity contribution in [2.45, 2.75) is 32.5 Å². The zero-order chi connectivity index (χ0) is 28.2. The molecule has 0 bridgehead atoms. The van der Waals surface area contributed by atoms with Gasteiger partial charge in [-0.15, -0.1) is 11.3 Å². The van der Waals surface area contributed by atoms with E-state index in [4.69, 9.17) is 44.3 Å². The van der Waals surface area contributed by atoms with Crippen molar-refractivity contribution >= 4 is 95.7 Å². The summed E-state index contributed by atoms with van der Waals surface area (Å²) in [6.07, 6.45) is 0. The molecule has 14 heteroatoms. The number of fused-ring (bicyclic) bond motifs is 1. The van der Waals surface area contributed by atoms with Gasteiger partial charge in [-0.3, -0.25) is 9.59 Å². The van der Waals surface area contributed by atoms with E-state index < -0.39 is 45.6 Å². The summed E-state index contributed by atoms with van der Waals surface area (Å²) in [6.45, 7) is 4.67. The molecule has 3 atom stereocenters. The smallest absolute Gasteiger partial charge is 0.333 e. The fourth-order valence-electron chi connectivity index (χ4n) is 3.64. The van der Waals surface area contributed by atoms with Gasteiger partial charge in [0, 0.05) is 0 Å². The maximum Gasteiger partial charge on any atom is 0.333 e. The van der Waals surface area contributed by atoms with Crippen LogP contribution in [0.1, 0.15) is 6.92 Å². The molecule has 1 aliphatic rings. The number of likely N-dealkylation sites (tertiary alicyclic amines) is 1. The third kappa shape index (κ3) is 7.74. The van der Waals surface area contributed by atoms with E-state index in [1.807, 2.05) is 30.3 Å². The van der Waals surface area contributed by atoms with Crippen LogP contribution in [0.25, 0.3) is 10.2 Å². The number of nitrogens with one attached hydrogen (secondary N) is 1. The van der Waals surface area contributed by atoms with Crippen LogP contribution in [-0.4, -0.2) is 62.1 Å². The second-order valence-corrected chi connectivity index (χ2v) is 14.5. The monoisotopic (exact) mass is 645 g/mol. The molecule has 1 N–H and O–H groups in total. The molecule has 2 amide bonds. The maximum absolute atomic E-state index is 13.3. The Morgan fingerprint density at radius 1 is 1.18 bits per heavy atom. The lowest BCUT2D eigenvalue weighted by molar-refractivity contribution is -0.162. The summed E-state index contributed by atoms with van der Waals surface area (Å²) in [5.41, 5.74) is 1.20. The zero-order valence-corrected chi connectivity index (χ0v) is 25.1. The number of rotatable bonds is 11. The minimum atomic E-state index is -1.82. The van der Waals surface area contributed by atoms with Crippen LogP contribution in [-0.2, 0) is 19.1 Å². The fourth-order valence-corrected chi connectivity index (χ4v) is 7.76. The number of carbonyl (C=O) groups excluding carboxylic acids is 3. The number of esters is 1. The highest BCUT2D eigenvalue weighted by Crippen LogP contribution is 2.45. The number of hydrogen-bond donors (Lipinski definition) is 1. The third-order valence-corrected chi connectivity index (χ3v) is 9.70. The van der Waals surface area contributed by atoms with E-state index in [2.05, 4.69) is 16.9 Å². The Balaban J connectivity index is 1.50. The molecule has 4 rings (SSSR count). The van der Waals surface area contributed by atoms with Crippen LogP contribution in [0.2, 0.25) is 0 Å². The van der Waals surface area contributed by atoms with Crippen LogP contribution in [0.15, 0.2) is 71.1 Å². The lowest BCUT2D eigenvalue weighted by Crippen LogP contribution is -2.73.